The Bertz CT molecular complexity index is 495. The first-order chi connectivity index (χ1) is 10.7. The maximum absolute atomic E-state index is 11.6. The number of hydrogen-bond donors (Lipinski definition) is 3. The number of halogens is 1. The van der Waals surface area contributed by atoms with Crippen LogP contribution in [0.1, 0.15) is 29.3 Å². The smallest absolute Gasteiger partial charge is 0.251 e. The maximum Gasteiger partial charge on any atom is 0.251 e. The predicted octanol–water partition coefficient (Wildman–Crippen LogP) is 1.54. The molecule has 0 heterocycles. The summed E-state index contributed by atoms with van der Waals surface area (Å²) in [5, 5.41) is 5.69. The highest BCUT2D eigenvalue weighted by Gasteiger charge is 2.03. The molecule has 1 rings (SSSR count). The van der Waals surface area contributed by atoms with Crippen molar-refractivity contribution < 1.29 is 9.53 Å². The molecule has 4 N–H and O–H groups in total. The van der Waals surface area contributed by atoms with Crippen LogP contribution in [0.25, 0.3) is 0 Å². The fourth-order valence-electron chi connectivity index (χ4n) is 1.91. The van der Waals surface area contributed by atoms with Crippen LogP contribution in [-0.4, -0.2) is 45.2 Å². The number of benzene rings is 1. The van der Waals surface area contributed by atoms with Gasteiger partial charge in [-0.05, 0) is 37.5 Å². The fraction of sp³-hybridized carbons (Fsp3) is 0.500. The van der Waals surface area contributed by atoms with Crippen LogP contribution in [0.15, 0.2) is 29.3 Å². The first-order valence-electron chi connectivity index (χ1n) is 7.60. The number of hydrogen-bond acceptors (Lipinski definition) is 3. The lowest BCUT2D eigenvalue weighted by atomic mass is 10.1. The summed E-state index contributed by atoms with van der Waals surface area (Å²) in [4.78, 5) is 15.8. The molecule has 1 aromatic carbocycles. The van der Waals surface area contributed by atoms with E-state index in [0.717, 1.165) is 25.0 Å². The molecule has 0 saturated carbocycles. The van der Waals surface area contributed by atoms with Gasteiger partial charge < -0.3 is 21.1 Å². The van der Waals surface area contributed by atoms with Gasteiger partial charge in [0.05, 0.1) is 0 Å². The molecular formula is C16H27IN4O2. The van der Waals surface area contributed by atoms with Gasteiger partial charge in [0.25, 0.3) is 5.91 Å². The van der Waals surface area contributed by atoms with Crippen molar-refractivity contribution >= 4 is 35.8 Å². The Morgan fingerprint density at radius 2 is 2.17 bits per heavy atom. The van der Waals surface area contributed by atoms with E-state index in [4.69, 9.17) is 10.5 Å². The van der Waals surface area contributed by atoms with E-state index in [1.807, 2.05) is 25.1 Å². The van der Waals surface area contributed by atoms with Crippen molar-refractivity contribution in [3.8, 4) is 0 Å². The molecule has 0 unspecified atom stereocenters. The van der Waals surface area contributed by atoms with Crippen molar-refractivity contribution in [1.82, 2.24) is 10.6 Å². The standard InChI is InChI=1S/C16H26N4O2.HI/c1-3-22-11-5-9-19-16(17)20-10-8-13-6-4-7-14(12-13)15(21)18-2;/h4,6-7,12H,3,5,8-11H2,1-2H3,(H,18,21)(H3,17,19,20);1H. The lowest BCUT2D eigenvalue weighted by Crippen LogP contribution is -2.33. The van der Waals surface area contributed by atoms with Crippen LogP contribution in [0, 0.1) is 0 Å². The molecule has 0 fully saturated rings. The Morgan fingerprint density at radius 1 is 1.39 bits per heavy atom. The monoisotopic (exact) mass is 434 g/mol. The number of aliphatic imine (C=N–C) groups is 1. The molecule has 0 saturated heterocycles. The second kappa shape index (κ2) is 13.1. The minimum Gasteiger partial charge on any atom is -0.382 e. The highest BCUT2D eigenvalue weighted by atomic mass is 127. The molecule has 6 nitrogen and oxygen atoms in total. The Hall–Kier alpha value is -1.35. The third kappa shape index (κ3) is 9.39. The van der Waals surface area contributed by atoms with Crippen LogP contribution in [-0.2, 0) is 11.2 Å². The number of nitrogens with zero attached hydrogens (tertiary/aromatic N) is 1. The minimum absolute atomic E-state index is 0. The first kappa shape index (κ1) is 21.6. The number of carbonyl (C=O) groups is 1. The maximum atomic E-state index is 11.6. The summed E-state index contributed by atoms with van der Waals surface area (Å²) in [5.74, 6) is 0.365. The number of carbonyl (C=O) groups excluding carboxylic acids is 1. The molecule has 0 radical (unpaired) electrons. The molecule has 0 aromatic heterocycles. The van der Waals surface area contributed by atoms with E-state index in [2.05, 4.69) is 15.6 Å². The third-order valence-electron chi connectivity index (χ3n) is 3.07. The van der Waals surface area contributed by atoms with Crippen molar-refractivity contribution in [3.63, 3.8) is 0 Å². The number of rotatable bonds is 9. The van der Waals surface area contributed by atoms with Crippen LogP contribution in [0.4, 0.5) is 0 Å². The molecule has 7 heteroatoms. The van der Waals surface area contributed by atoms with Crippen LogP contribution in [0.5, 0.6) is 0 Å². The topological polar surface area (TPSA) is 88.7 Å². The Labute approximate surface area is 155 Å². The van der Waals surface area contributed by atoms with Crippen molar-refractivity contribution in [2.75, 3.05) is 33.4 Å². The van der Waals surface area contributed by atoms with E-state index in [1.54, 1.807) is 13.1 Å². The van der Waals surface area contributed by atoms with Gasteiger partial charge in [-0.25, -0.2) is 0 Å². The quantitative estimate of drug-likeness (QED) is 0.238. The van der Waals surface area contributed by atoms with Gasteiger partial charge in [0.2, 0.25) is 0 Å². The molecule has 0 atom stereocenters. The molecule has 0 spiro atoms. The SMILES string of the molecule is CCOCCCN=C(N)NCCc1cccc(C(=O)NC)c1.I. The number of nitrogens with one attached hydrogen (secondary N) is 2. The third-order valence-corrected chi connectivity index (χ3v) is 3.07. The predicted molar refractivity (Wildman–Crippen MR) is 105 cm³/mol. The zero-order chi connectivity index (χ0) is 16.2. The average molecular weight is 434 g/mol. The van der Waals surface area contributed by atoms with Crippen LogP contribution < -0.4 is 16.4 Å². The molecule has 0 aliphatic heterocycles. The lowest BCUT2D eigenvalue weighted by molar-refractivity contribution is 0.0963. The van der Waals surface area contributed by atoms with Crippen molar-refractivity contribution in [3.05, 3.63) is 35.4 Å². The summed E-state index contributed by atoms with van der Waals surface area (Å²) in [6, 6.07) is 7.55. The molecule has 1 amide bonds. The molecule has 0 aliphatic carbocycles. The fourth-order valence-corrected chi connectivity index (χ4v) is 1.91. The van der Waals surface area contributed by atoms with Crippen molar-refractivity contribution in [2.24, 2.45) is 10.7 Å². The summed E-state index contributed by atoms with van der Waals surface area (Å²) in [6.45, 7) is 4.74. The Kier molecular flexibility index (Phi) is 12.4. The van der Waals surface area contributed by atoms with Gasteiger partial charge in [0.15, 0.2) is 5.96 Å². The van der Waals surface area contributed by atoms with E-state index >= 15 is 0 Å². The first-order valence-corrected chi connectivity index (χ1v) is 7.60. The van der Waals surface area contributed by atoms with Gasteiger partial charge in [-0.1, -0.05) is 12.1 Å². The van der Waals surface area contributed by atoms with Gasteiger partial charge in [-0.3, -0.25) is 9.79 Å². The summed E-state index contributed by atoms with van der Waals surface area (Å²) < 4.78 is 5.23. The summed E-state index contributed by atoms with van der Waals surface area (Å²) in [7, 11) is 1.62. The number of guanidine groups is 1. The molecule has 130 valence electrons. The molecular weight excluding hydrogens is 407 g/mol. The van der Waals surface area contributed by atoms with Gasteiger partial charge >= 0.3 is 0 Å². The van der Waals surface area contributed by atoms with Gasteiger partial charge in [-0.15, -0.1) is 24.0 Å². The Morgan fingerprint density at radius 3 is 2.87 bits per heavy atom. The van der Waals surface area contributed by atoms with Crippen molar-refractivity contribution in [1.29, 1.82) is 0 Å². The summed E-state index contributed by atoms with van der Waals surface area (Å²) >= 11 is 0. The summed E-state index contributed by atoms with van der Waals surface area (Å²) in [5.41, 5.74) is 7.53. The van der Waals surface area contributed by atoms with E-state index in [0.29, 0.717) is 31.2 Å². The summed E-state index contributed by atoms with van der Waals surface area (Å²) in [6.07, 6.45) is 1.64. The Balaban J connectivity index is 0.00000484. The van der Waals surface area contributed by atoms with Crippen LogP contribution in [0.3, 0.4) is 0 Å². The van der Waals surface area contributed by atoms with Gasteiger partial charge in [0, 0.05) is 38.9 Å². The molecule has 1 aromatic rings. The zero-order valence-corrected chi connectivity index (χ0v) is 16.1. The zero-order valence-electron chi connectivity index (χ0n) is 13.8. The van der Waals surface area contributed by atoms with E-state index in [-0.39, 0.29) is 29.9 Å². The molecule has 0 bridgehead atoms. The van der Waals surface area contributed by atoms with Gasteiger partial charge in [-0.2, -0.15) is 0 Å². The minimum atomic E-state index is -0.0785. The number of amides is 1. The normalized spacial score (nSPS) is 10.8. The van der Waals surface area contributed by atoms with Crippen molar-refractivity contribution in [2.45, 2.75) is 19.8 Å². The molecule has 23 heavy (non-hydrogen) atoms. The van der Waals surface area contributed by atoms with Crippen LogP contribution in [0.2, 0.25) is 0 Å². The lowest BCUT2D eigenvalue weighted by Gasteiger charge is -2.07. The highest BCUT2D eigenvalue weighted by Crippen LogP contribution is 2.05. The van der Waals surface area contributed by atoms with E-state index in [1.165, 1.54) is 0 Å². The highest BCUT2D eigenvalue weighted by molar-refractivity contribution is 14.0. The largest absolute Gasteiger partial charge is 0.382 e. The second-order valence-corrected chi connectivity index (χ2v) is 4.77. The number of ether oxygens (including phenoxy) is 1. The molecule has 0 aliphatic rings. The van der Waals surface area contributed by atoms with Gasteiger partial charge in [0.1, 0.15) is 0 Å². The van der Waals surface area contributed by atoms with Crippen LogP contribution >= 0.6 is 24.0 Å². The average Bonchev–Trinajstić information content (AvgIpc) is 2.54. The second-order valence-electron chi connectivity index (χ2n) is 4.77. The number of nitrogens with two attached hydrogens (primary N) is 1. The van der Waals surface area contributed by atoms with E-state index in [9.17, 15) is 4.79 Å². The van der Waals surface area contributed by atoms with E-state index < -0.39 is 0 Å².